The van der Waals surface area contributed by atoms with Crippen molar-refractivity contribution < 1.29 is 104 Å². The molecule has 0 aromatic heterocycles. The minimum atomic E-state index is -1.89. The monoisotopic (exact) mass is 707 g/mol. The van der Waals surface area contributed by atoms with Crippen LogP contribution in [0.2, 0.25) is 0 Å². The first-order valence-corrected chi connectivity index (χ1v) is 15.1. The van der Waals surface area contributed by atoms with E-state index >= 15 is 0 Å². The molecule has 22 heteroatoms. The molecule has 1 unspecified atom stereocenters. The molecule has 20 atom stereocenters. The van der Waals surface area contributed by atoms with Gasteiger partial charge in [0.1, 0.15) is 97.6 Å². The molecule has 48 heavy (non-hydrogen) atoms. The van der Waals surface area contributed by atoms with Crippen LogP contribution in [0.1, 0.15) is 6.92 Å². The molecule has 1 amide bonds. The van der Waals surface area contributed by atoms with E-state index in [1.165, 1.54) is 0 Å². The second-order valence-electron chi connectivity index (χ2n) is 12.0. The van der Waals surface area contributed by atoms with Gasteiger partial charge < -0.3 is 105 Å². The number of hydrogen-bond acceptors (Lipinski definition) is 21. The Hall–Kier alpha value is -1.33. The third-order valence-electron chi connectivity index (χ3n) is 8.57. The number of aliphatic hydroxyl groups is 13. The summed E-state index contributed by atoms with van der Waals surface area (Å²) in [4.78, 5) is 12.0. The van der Waals surface area contributed by atoms with Crippen LogP contribution in [0, 0.1) is 0 Å². The zero-order chi connectivity index (χ0) is 35.6. The number of carbonyl (C=O) groups is 1. The molecule has 0 aromatic rings. The average molecular weight is 708 g/mol. The number of hydrogen-bond donors (Lipinski definition) is 14. The van der Waals surface area contributed by atoms with Crippen LogP contribution in [0.25, 0.3) is 0 Å². The van der Waals surface area contributed by atoms with E-state index in [0.29, 0.717) is 0 Å². The lowest BCUT2D eigenvalue weighted by Gasteiger charge is -2.47. The number of carbonyl (C=O) groups excluding carboxylic acids is 1. The Bertz CT molecular complexity index is 1030. The van der Waals surface area contributed by atoms with Crippen molar-refractivity contribution in [3.8, 4) is 0 Å². The van der Waals surface area contributed by atoms with Crippen LogP contribution in [0.3, 0.4) is 0 Å². The summed E-state index contributed by atoms with van der Waals surface area (Å²) >= 11 is 0. The molecule has 0 aromatic carbocycles. The van der Waals surface area contributed by atoms with Gasteiger partial charge in [-0.15, -0.1) is 0 Å². The molecule has 4 aliphatic rings. The average Bonchev–Trinajstić information content (AvgIpc) is 3.06. The standard InChI is InChI=1S/C26H45NO21/c1-6(30)27-11-15(34)22(48-26-21(40)17(36)12(31)7(2-28)45-26)8(3-29)46-24(11)42-5-10-14(33)18(37)20(39)25(47-10)43-4-9-13(32)16(35)19(38)23(41)44-9/h7-26,28-29,31-41H,2-5H2,1H3,(H,27,30)/t7-,8-,9-,10-,11-,12+,13-,14-,15-,16+,17+,18+,19+,20+,21-,22-,23?,24-,25+,26+/m1/s1. The van der Waals surface area contributed by atoms with Gasteiger partial charge in [-0.25, -0.2) is 0 Å². The summed E-state index contributed by atoms with van der Waals surface area (Å²) in [6.07, 6.45) is -32.3. The fourth-order valence-electron chi connectivity index (χ4n) is 5.74. The maximum Gasteiger partial charge on any atom is 0.217 e. The summed E-state index contributed by atoms with van der Waals surface area (Å²) < 4.78 is 38.2. The summed E-state index contributed by atoms with van der Waals surface area (Å²) in [6, 6.07) is -1.47. The fourth-order valence-corrected chi connectivity index (χ4v) is 5.74. The van der Waals surface area contributed by atoms with Crippen LogP contribution in [-0.2, 0) is 38.0 Å². The molecule has 0 bridgehead atoms. The highest BCUT2D eigenvalue weighted by Gasteiger charge is 2.52. The van der Waals surface area contributed by atoms with Crippen molar-refractivity contribution in [2.75, 3.05) is 26.4 Å². The number of nitrogens with one attached hydrogen (secondary N) is 1. The third-order valence-corrected chi connectivity index (χ3v) is 8.57. The first-order chi connectivity index (χ1) is 22.6. The van der Waals surface area contributed by atoms with Crippen molar-refractivity contribution >= 4 is 5.91 Å². The molecule has 22 nitrogen and oxygen atoms in total. The topological polar surface area (TPSA) is 357 Å². The van der Waals surface area contributed by atoms with Gasteiger partial charge in [0.25, 0.3) is 0 Å². The summed E-state index contributed by atoms with van der Waals surface area (Å²) in [5.74, 6) is -0.693. The molecule has 280 valence electrons. The Morgan fingerprint density at radius 2 is 1.00 bits per heavy atom. The summed E-state index contributed by atoms with van der Waals surface area (Å²) in [6.45, 7) is -1.83. The van der Waals surface area contributed by atoms with Crippen molar-refractivity contribution in [1.82, 2.24) is 5.32 Å². The molecule has 4 heterocycles. The molecule has 14 N–H and O–H groups in total. The van der Waals surface area contributed by atoms with Gasteiger partial charge in [-0.3, -0.25) is 4.79 Å². The number of aliphatic hydroxyl groups excluding tert-OH is 13. The van der Waals surface area contributed by atoms with E-state index in [0.717, 1.165) is 6.92 Å². The van der Waals surface area contributed by atoms with E-state index in [1.807, 2.05) is 0 Å². The molecule has 4 aliphatic heterocycles. The molecule has 0 saturated carbocycles. The second kappa shape index (κ2) is 16.8. The van der Waals surface area contributed by atoms with Crippen LogP contribution in [0.4, 0.5) is 0 Å². The van der Waals surface area contributed by atoms with Crippen molar-refractivity contribution in [3.63, 3.8) is 0 Å². The summed E-state index contributed by atoms with van der Waals surface area (Å²) in [5, 5.41) is 134. The maximum atomic E-state index is 12.0. The molecule has 4 saturated heterocycles. The molecular formula is C26H45NO21. The second-order valence-corrected chi connectivity index (χ2v) is 12.0. The van der Waals surface area contributed by atoms with Crippen molar-refractivity contribution in [2.24, 2.45) is 0 Å². The van der Waals surface area contributed by atoms with Gasteiger partial charge in [-0.05, 0) is 0 Å². The van der Waals surface area contributed by atoms with Crippen LogP contribution in [0.5, 0.6) is 0 Å². The van der Waals surface area contributed by atoms with E-state index in [2.05, 4.69) is 5.32 Å². The zero-order valence-corrected chi connectivity index (χ0v) is 25.5. The highest BCUT2D eigenvalue weighted by Crippen LogP contribution is 2.31. The van der Waals surface area contributed by atoms with Crippen molar-refractivity contribution in [1.29, 1.82) is 0 Å². The highest BCUT2D eigenvalue weighted by molar-refractivity contribution is 5.73. The van der Waals surface area contributed by atoms with Crippen LogP contribution < -0.4 is 5.32 Å². The van der Waals surface area contributed by atoms with Gasteiger partial charge in [0.15, 0.2) is 25.2 Å². The Morgan fingerprint density at radius 1 is 0.542 bits per heavy atom. The van der Waals surface area contributed by atoms with Crippen molar-refractivity contribution in [2.45, 2.75) is 130 Å². The van der Waals surface area contributed by atoms with Gasteiger partial charge in [-0.2, -0.15) is 0 Å². The van der Waals surface area contributed by atoms with E-state index in [9.17, 15) is 71.2 Å². The molecule has 4 fully saturated rings. The lowest BCUT2D eigenvalue weighted by atomic mass is 9.95. The van der Waals surface area contributed by atoms with Gasteiger partial charge in [0.2, 0.25) is 5.91 Å². The van der Waals surface area contributed by atoms with Crippen LogP contribution in [0.15, 0.2) is 0 Å². The zero-order valence-electron chi connectivity index (χ0n) is 25.5. The molecular weight excluding hydrogens is 662 g/mol. The predicted molar refractivity (Wildman–Crippen MR) is 145 cm³/mol. The highest BCUT2D eigenvalue weighted by atomic mass is 16.8. The predicted octanol–water partition coefficient (Wildman–Crippen LogP) is -9.61. The molecule has 4 rings (SSSR count). The van der Waals surface area contributed by atoms with Gasteiger partial charge >= 0.3 is 0 Å². The minimum Gasteiger partial charge on any atom is -0.394 e. The maximum absolute atomic E-state index is 12.0. The van der Waals surface area contributed by atoms with Crippen LogP contribution in [-0.4, -0.2) is 221 Å². The van der Waals surface area contributed by atoms with Gasteiger partial charge in [0, 0.05) is 6.92 Å². The SMILES string of the molecule is CC(=O)N[C@H]1[C@H](OC[C@H]2O[C@H](OC[C@H]3OC(O)[C@@H](O)[C@@H](O)[C@@H]3O)[C@@H](O)[C@@H](O)[C@@H]2O)O[C@H](CO)[C@@H](O[C@@H]2O[C@H](CO)[C@H](O)[C@H](O)[C@H]2O)[C@@H]1O. The normalized spacial score (nSPS) is 50.2. The van der Waals surface area contributed by atoms with E-state index in [4.69, 9.17) is 33.2 Å². The van der Waals surface area contributed by atoms with Crippen LogP contribution >= 0.6 is 0 Å². The Morgan fingerprint density at radius 3 is 1.56 bits per heavy atom. The van der Waals surface area contributed by atoms with Crippen molar-refractivity contribution in [3.05, 3.63) is 0 Å². The van der Waals surface area contributed by atoms with Gasteiger partial charge in [-0.1, -0.05) is 0 Å². The first-order valence-electron chi connectivity index (χ1n) is 15.1. The summed E-state index contributed by atoms with van der Waals surface area (Å²) in [5.41, 5.74) is 0. The summed E-state index contributed by atoms with van der Waals surface area (Å²) in [7, 11) is 0. The fraction of sp³-hybridized carbons (Fsp3) is 0.962. The molecule has 0 spiro atoms. The van der Waals surface area contributed by atoms with E-state index in [-0.39, 0.29) is 0 Å². The lowest BCUT2D eigenvalue weighted by Crippen LogP contribution is -2.68. The quantitative estimate of drug-likeness (QED) is 0.0947. The van der Waals surface area contributed by atoms with E-state index < -0.39 is 155 Å². The number of rotatable bonds is 11. The minimum absolute atomic E-state index is 0.642. The molecule has 0 aliphatic carbocycles. The lowest BCUT2D eigenvalue weighted by molar-refractivity contribution is -0.354. The van der Waals surface area contributed by atoms with Gasteiger partial charge in [0.05, 0.1) is 26.4 Å². The molecule has 0 radical (unpaired) electrons. The Labute approximate surface area is 272 Å². The number of ether oxygens (including phenoxy) is 7. The Balaban J connectivity index is 1.42. The number of amides is 1. The van der Waals surface area contributed by atoms with E-state index in [1.54, 1.807) is 0 Å². The smallest absolute Gasteiger partial charge is 0.217 e. The Kier molecular flexibility index (Phi) is 13.8. The third kappa shape index (κ3) is 8.41. The largest absolute Gasteiger partial charge is 0.394 e. The first kappa shape index (κ1) is 39.5.